The quantitative estimate of drug-likeness (QED) is 0.728. The number of thioether (sulfide) groups is 1. The van der Waals surface area contributed by atoms with Gasteiger partial charge in [0.25, 0.3) is 0 Å². The summed E-state index contributed by atoms with van der Waals surface area (Å²) in [6.07, 6.45) is 4.70. The molecule has 19 heavy (non-hydrogen) atoms. The van der Waals surface area contributed by atoms with Crippen molar-refractivity contribution in [3.63, 3.8) is 0 Å². The highest BCUT2D eigenvalue weighted by atomic mass is 79.9. The Bertz CT molecular complexity index is 487. The first-order valence-electron chi connectivity index (χ1n) is 6.44. The molecule has 4 heteroatoms. The highest BCUT2D eigenvalue weighted by molar-refractivity contribution is 9.10. The number of rotatable bonds is 7. The van der Waals surface area contributed by atoms with Crippen LogP contribution in [0.5, 0.6) is 0 Å². The maximum absolute atomic E-state index is 5.19. The van der Waals surface area contributed by atoms with Gasteiger partial charge in [0.2, 0.25) is 0 Å². The highest BCUT2D eigenvalue weighted by Crippen LogP contribution is 2.30. The van der Waals surface area contributed by atoms with Crippen molar-refractivity contribution in [2.24, 2.45) is 0 Å². The summed E-state index contributed by atoms with van der Waals surface area (Å²) in [6.45, 7) is 3.20. The fourth-order valence-electron chi connectivity index (χ4n) is 1.80. The van der Waals surface area contributed by atoms with Crippen molar-refractivity contribution in [3.8, 4) is 0 Å². The first-order chi connectivity index (χ1) is 9.31. The van der Waals surface area contributed by atoms with E-state index in [2.05, 4.69) is 46.4 Å². The monoisotopic (exact) mass is 339 g/mol. The van der Waals surface area contributed by atoms with E-state index in [0.717, 1.165) is 23.2 Å². The summed E-state index contributed by atoms with van der Waals surface area (Å²) in [4.78, 5) is 1.27. The Morgan fingerprint density at radius 1 is 1.32 bits per heavy atom. The van der Waals surface area contributed by atoms with E-state index in [9.17, 15) is 0 Å². The second-order valence-electron chi connectivity index (χ2n) is 4.30. The van der Waals surface area contributed by atoms with Crippen LogP contribution in [0.3, 0.4) is 0 Å². The molecule has 0 radical (unpaired) electrons. The van der Waals surface area contributed by atoms with Crippen LogP contribution in [0.15, 0.2) is 56.6 Å². The van der Waals surface area contributed by atoms with Crippen molar-refractivity contribution in [3.05, 3.63) is 52.9 Å². The number of hydrogen-bond acceptors (Lipinski definition) is 3. The van der Waals surface area contributed by atoms with Crippen LogP contribution in [-0.4, -0.2) is 12.3 Å². The molecule has 1 N–H and O–H groups in total. The summed E-state index contributed by atoms with van der Waals surface area (Å²) in [7, 11) is 0. The molecule has 1 atom stereocenters. The molecule has 0 amide bonds. The van der Waals surface area contributed by atoms with Crippen molar-refractivity contribution >= 4 is 27.7 Å². The van der Waals surface area contributed by atoms with E-state index in [-0.39, 0.29) is 0 Å². The molecule has 1 unspecified atom stereocenters. The molecule has 0 aliphatic rings. The average Bonchev–Trinajstić information content (AvgIpc) is 2.94. The lowest BCUT2D eigenvalue weighted by Crippen LogP contribution is -2.23. The fourth-order valence-corrected chi connectivity index (χ4v) is 3.47. The molecule has 2 nitrogen and oxygen atoms in total. The fraction of sp³-hybridized carbons (Fsp3) is 0.333. The molecule has 0 saturated carbocycles. The third-order valence-corrected chi connectivity index (χ3v) is 4.95. The number of benzene rings is 1. The summed E-state index contributed by atoms with van der Waals surface area (Å²) in [5.41, 5.74) is 1.22. The summed E-state index contributed by atoms with van der Waals surface area (Å²) < 4.78 is 6.35. The first-order valence-corrected chi connectivity index (χ1v) is 8.22. The van der Waals surface area contributed by atoms with E-state index < -0.39 is 0 Å². The van der Waals surface area contributed by atoms with Crippen molar-refractivity contribution in [1.29, 1.82) is 0 Å². The van der Waals surface area contributed by atoms with Crippen LogP contribution >= 0.6 is 27.7 Å². The van der Waals surface area contributed by atoms with Gasteiger partial charge in [0.15, 0.2) is 0 Å². The van der Waals surface area contributed by atoms with Crippen LogP contribution in [0.2, 0.25) is 0 Å². The summed E-state index contributed by atoms with van der Waals surface area (Å²) in [5.74, 6) is 0.988. The molecule has 0 bridgehead atoms. The minimum absolute atomic E-state index is 0.329. The van der Waals surface area contributed by atoms with Gasteiger partial charge in [-0.2, -0.15) is 0 Å². The highest BCUT2D eigenvalue weighted by Gasteiger charge is 2.13. The van der Waals surface area contributed by atoms with E-state index in [4.69, 9.17) is 4.42 Å². The molecule has 1 aromatic carbocycles. The molecule has 0 spiro atoms. The lowest BCUT2D eigenvalue weighted by atomic mass is 10.2. The number of nitrogens with one attached hydrogen (secondary N) is 1. The van der Waals surface area contributed by atoms with Gasteiger partial charge in [0.1, 0.15) is 0 Å². The maximum Gasteiger partial charge on any atom is 0.0950 e. The van der Waals surface area contributed by atoms with Gasteiger partial charge in [-0.3, -0.25) is 0 Å². The predicted octanol–water partition coefficient (Wildman–Crippen LogP) is 4.88. The Labute approximate surface area is 127 Å². The van der Waals surface area contributed by atoms with Gasteiger partial charge in [-0.1, -0.05) is 19.1 Å². The van der Waals surface area contributed by atoms with Crippen molar-refractivity contribution in [2.75, 3.05) is 12.3 Å². The van der Waals surface area contributed by atoms with E-state index >= 15 is 0 Å². The van der Waals surface area contributed by atoms with Crippen molar-refractivity contribution in [1.82, 2.24) is 5.32 Å². The molecule has 0 saturated heterocycles. The van der Waals surface area contributed by atoms with Crippen LogP contribution in [-0.2, 0) is 0 Å². The van der Waals surface area contributed by atoms with Crippen LogP contribution in [0.1, 0.15) is 24.9 Å². The molecule has 1 heterocycles. The molecule has 2 aromatic rings. The average molecular weight is 340 g/mol. The zero-order valence-electron chi connectivity index (χ0n) is 10.9. The van der Waals surface area contributed by atoms with E-state index in [1.807, 2.05) is 30.2 Å². The molecular formula is C15H18BrNOS. The van der Waals surface area contributed by atoms with E-state index in [1.54, 1.807) is 6.26 Å². The first kappa shape index (κ1) is 14.7. The molecule has 0 aliphatic heterocycles. The molecule has 102 valence electrons. The number of hydrogen-bond donors (Lipinski definition) is 1. The smallest absolute Gasteiger partial charge is 0.0950 e. The van der Waals surface area contributed by atoms with Gasteiger partial charge in [0, 0.05) is 26.7 Å². The Balaban J connectivity index is 1.99. The molecular weight excluding hydrogens is 322 g/mol. The maximum atomic E-state index is 5.19. The summed E-state index contributed by atoms with van der Waals surface area (Å²) in [6, 6.07) is 10.7. The Morgan fingerprint density at radius 2 is 2.16 bits per heavy atom. The predicted molar refractivity (Wildman–Crippen MR) is 84.6 cm³/mol. The van der Waals surface area contributed by atoms with Crippen molar-refractivity contribution < 1.29 is 4.42 Å². The van der Waals surface area contributed by atoms with Crippen LogP contribution in [0.25, 0.3) is 0 Å². The van der Waals surface area contributed by atoms with Gasteiger partial charge in [-0.25, -0.2) is 0 Å². The minimum Gasteiger partial charge on any atom is -0.472 e. The molecule has 2 rings (SSSR count). The number of furan rings is 1. The second kappa shape index (κ2) is 7.78. The van der Waals surface area contributed by atoms with Gasteiger partial charge in [0.05, 0.1) is 12.5 Å². The third kappa shape index (κ3) is 4.41. The van der Waals surface area contributed by atoms with Crippen LogP contribution in [0.4, 0.5) is 0 Å². The van der Waals surface area contributed by atoms with E-state index in [0.29, 0.717) is 6.04 Å². The third-order valence-electron chi connectivity index (χ3n) is 2.83. The number of halogens is 1. The SMILES string of the molecule is CCCNC(CSc1ccccc1Br)c1ccoc1. The molecule has 0 fully saturated rings. The largest absolute Gasteiger partial charge is 0.472 e. The van der Waals surface area contributed by atoms with Gasteiger partial charge < -0.3 is 9.73 Å². The van der Waals surface area contributed by atoms with Gasteiger partial charge >= 0.3 is 0 Å². The zero-order chi connectivity index (χ0) is 13.5. The zero-order valence-corrected chi connectivity index (χ0v) is 13.3. The van der Waals surface area contributed by atoms with Crippen LogP contribution < -0.4 is 5.32 Å². The lowest BCUT2D eigenvalue weighted by Gasteiger charge is -2.17. The Hall–Kier alpha value is -0.710. The minimum atomic E-state index is 0.329. The summed E-state index contributed by atoms with van der Waals surface area (Å²) >= 11 is 5.44. The topological polar surface area (TPSA) is 25.2 Å². The van der Waals surface area contributed by atoms with Gasteiger partial charge in [-0.05, 0) is 47.1 Å². The van der Waals surface area contributed by atoms with E-state index in [1.165, 1.54) is 10.5 Å². The Morgan fingerprint density at radius 3 is 2.84 bits per heavy atom. The molecule has 1 aromatic heterocycles. The lowest BCUT2D eigenvalue weighted by molar-refractivity contribution is 0.540. The second-order valence-corrected chi connectivity index (χ2v) is 6.22. The molecule has 0 aliphatic carbocycles. The Kier molecular flexibility index (Phi) is 6.01. The normalized spacial score (nSPS) is 12.5. The van der Waals surface area contributed by atoms with Crippen molar-refractivity contribution in [2.45, 2.75) is 24.3 Å². The summed E-state index contributed by atoms with van der Waals surface area (Å²) in [5, 5.41) is 3.57. The standard InChI is InChI=1S/C15H18BrNOS/c1-2-8-17-14(12-7-9-18-10-12)11-19-15-6-4-3-5-13(15)16/h3-7,9-10,14,17H,2,8,11H2,1H3. The van der Waals surface area contributed by atoms with Gasteiger partial charge in [-0.15, -0.1) is 11.8 Å². The van der Waals surface area contributed by atoms with Crippen LogP contribution in [0, 0.1) is 0 Å².